The molecule has 1 N–H and O–H groups in total. The van der Waals surface area contributed by atoms with Crippen LogP contribution in [-0.4, -0.2) is 4.98 Å². The monoisotopic (exact) mass is 187 g/mol. The van der Waals surface area contributed by atoms with Crippen molar-refractivity contribution in [2.75, 3.05) is 0 Å². The summed E-state index contributed by atoms with van der Waals surface area (Å²) in [4.78, 5) is 3.47. The van der Waals surface area contributed by atoms with E-state index in [2.05, 4.69) is 43.1 Å². The molecule has 1 heterocycles. The molecule has 74 valence electrons. The third kappa shape index (κ3) is 1.67. The van der Waals surface area contributed by atoms with Crippen molar-refractivity contribution in [1.29, 1.82) is 0 Å². The first-order valence-corrected chi connectivity index (χ1v) is 5.38. The maximum Gasteiger partial charge on any atom is 0.0458 e. The first-order chi connectivity index (χ1) is 6.81. The Labute approximate surface area is 85.1 Å². The van der Waals surface area contributed by atoms with Gasteiger partial charge in [-0.3, -0.25) is 0 Å². The second-order valence-electron chi connectivity index (χ2n) is 3.93. The van der Waals surface area contributed by atoms with Gasteiger partial charge in [0.15, 0.2) is 0 Å². The van der Waals surface area contributed by atoms with Gasteiger partial charge in [0.25, 0.3) is 0 Å². The van der Waals surface area contributed by atoms with Crippen molar-refractivity contribution in [2.24, 2.45) is 0 Å². The number of H-pyrrole nitrogens is 1. The van der Waals surface area contributed by atoms with Crippen LogP contribution in [0, 0.1) is 6.92 Å². The van der Waals surface area contributed by atoms with Crippen LogP contribution in [0.4, 0.5) is 0 Å². The Morgan fingerprint density at radius 1 is 1.29 bits per heavy atom. The molecular formula is C13H17N. The maximum absolute atomic E-state index is 3.47. The minimum atomic E-state index is 1.17. The number of aromatic nitrogens is 1. The lowest BCUT2D eigenvalue weighted by Crippen LogP contribution is -1.82. The van der Waals surface area contributed by atoms with Crippen LogP contribution in [0.1, 0.15) is 31.0 Å². The van der Waals surface area contributed by atoms with Crippen molar-refractivity contribution < 1.29 is 0 Å². The molecule has 1 heteroatoms. The Kier molecular flexibility index (Phi) is 2.58. The molecule has 2 rings (SSSR count). The SMILES string of the molecule is CCCCc1cc2c(C)cccc2[nH]1. The maximum atomic E-state index is 3.47. The molecule has 0 fully saturated rings. The third-order valence-electron chi connectivity index (χ3n) is 2.74. The molecule has 0 radical (unpaired) electrons. The summed E-state index contributed by atoms with van der Waals surface area (Å²) in [5.41, 5.74) is 4.01. The normalized spacial score (nSPS) is 11.0. The standard InChI is InChI=1S/C13H17N/c1-3-4-7-11-9-12-10(2)6-5-8-13(12)14-11/h5-6,8-9,14H,3-4,7H2,1-2H3. The van der Waals surface area contributed by atoms with Crippen molar-refractivity contribution in [2.45, 2.75) is 33.1 Å². The number of unbranched alkanes of at least 4 members (excludes halogenated alkanes) is 1. The Hall–Kier alpha value is -1.24. The molecule has 2 aromatic rings. The molecule has 0 unspecified atom stereocenters. The smallest absolute Gasteiger partial charge is 0.0458 e. The second kappa shape index (κ2) is 3.87. The summed E-state index contributed by atoms with van der Waals surface area (Å²) in [7, 11) is 0. The van der Waals surface area contributed by atoms with Gasteiger partial charge in [0.1, 0.15) is 0 Å². The van der Waals surface area contributed by atoms with Crippen LogP contribution >= 0.6 is 0 Å². The predicted octanol–water partition coefficient (Wildman–Crippen LogP) is 3.82. The topological polar surface area (TPSA) is 15.8 Å². The molecule has 0 aliphatic carbocycles. The fraction of sp³-hybridized carbons (Fsp3) is 0.385. The molecule has 0 atom stereocenters. The van der Waals surface area contributed by atoms with Crippen LogP contribution in [0.3, 0.4) is 0 Å². The molecule has 0 bridgehead atoms. The summed E-state index contributed by atoms with van der Waals surface area (Å²) in [6.07, 6.45) is 3.70. The summed E-state index contributed by atoms with van der Waals surface area (Å²) in [5.74, 6) is 0. The van der Waals surface area contributed by atoms with Gasteiger partial charge in [-0.2, -0.15) is 0 Å². The number of rotatable bonds is 3. The molecule has 1 nitrogen and oxygen atoms in total. The Bertz CT molecular complexity index is 426. The van der Waals surface area contributed by atoms with E-state index in [0.29, 0.717) is 0 Å². The molecule has 0 amide bonds. The Morgan fingerprint density at radius 3 is 2.86 bits per heavy atom. The van der Waals surface area contributed by atoms with Gasteiger partial charge in [-0.25, -0.2) is 0 Å². The Balaban J connectivity index is 2.36. The van der Waals surface area contributed by atoms with Gasteiger partial charge < -0.3 is 4.98 Å². The molecule has 0 aliphatic heterocycles. The van der Waals surface area contributed by atoms with E-state index in [1.807, 2.05) is 0 Å². The highest BCUT2D eigenvalue weighted by molar-refractivity contribution is 5.83. The highest BCUT2D eigenvalue weighted by Gasteiger charge is 2.01. The minimum absolute atomic E-state index is 1.17. The minimum Gasteiger partial charge on any atom is -0.358 e. The summed E-state index contributed by atoms with van der Waals surface area (Å²) in [5, 5.41) is 1.37. The highest BCUT2D eigenvalue weighted by Crippen LogP contribution is 2.19. The van der Waals surface area contributed by atoms with Gasteiger partial charge >= 0.3 is 0 Å². The lowest BCUT2D eigenvalue weighted by molar-refractivity contribution is 0.782. The number of hydrogen-bond donors (Lipinski definition) is 1. The van der Waals surface area contributed by atoms with E-state index in [4.69, 9.17) is 0 Å². The van der Waals surface area contributed by atoms with E-state index in [-0.39, 0.29) is 0 Å². The van der Waals surface area contributed by atoms with E-state index in [1.54, 1.807) is 0 Å². The molecule has 1 aromatic heterocycles. The van der Waals surface area contributed by atoms with Crippen LogP contribution < -0.4 is 0 Å². The van der Waals surface area contributed by atoms with Crippen LogP contribution in [-0.2, 0) is 6.42 Å². The van der Waals surface area contributed by atoms with Crippen LogP contribution in [0.25, 0.3) is 10.9 Å². The summed E-state index contributed by atoms with van der Waals surface area (Å²) in [6, 6.07) is 8.72. The van der Waals surface area contributed by atoms with Crippen molar-refractivity contribution in [3.05, 3.63) is 35.5 Å². The fourth-order valence-corrected chi connectivity index (χ4v) is 1.87. The van der Waals surface area contributed by atoms with E-state index in [1.165, 1.54) is 41.4 Å². The second-order valence-corrected chi connectivity index (χ2v) is 3.93. The Morgan fingerprint density at radius 2 is 2.14 bits per heavy atom. The molecule has 0 aliphatic rings. The zero-order valence-electron chi connectivity index (χ0n) is 8.93. The zero-order valence-corrected chi connectivity index (χ0v) is 8.93. The van der Waals surface area contributed by atoms with E-state index in [9.17, 15) is 0 Å². The van der Waals surface area contributed by atoms with E-state index >= 15 is 0 Å². The van der Waals surface area contributed by atoms with Gasteiger partial charge in [-0.1, -0.05) is 25.5 Å². The van der Waals surface area contributed by atoms with Crippen molar-refractivity contribution in [3.8, 4) is 0 Å². The van der Waals surface area contributed by atoms with Crippen molar-refractivity contribution in [3.63, 3.8) is 0 Å². The summed E-state index contributed by atoms with van der Waals surface area (Å²) >= 11 is 0. The quantitative estimate of drug-likeness (QED) is 0.752. The lowest BCUT2D eigenvalue weighted by Gasteiger charge is -1.92. The molecule has 0 spiro atoms. The highest BCUT2D eigenvalue weighted by atomic mass is 14.7. The number of fused-ring (bicyclic) bond motifs is 1. The largest absolute Gasteiger partial charge is 0.358 e. The summed E-state index contributed by atoms with van der Waals surface area (Å²) < 4.78 is 0. The lowest BCUT2D eigenvalue weighted by atomic mass is 10.1. The van der Waals surface area contributed by atoms with Gasteiger partial charge in [0, 0.05) is 16.6 Å². The van der Waals surface area contributed by atoms with Gasteiger partial charge in [-0.05, 0) is 37.5 Å². The number of hydrogen-bond acceptors (Lipinski definition) is 0. The number of aromatic amines is 1. The molecular weight excluding hydrogens is 170 g/mol. The van der Waals surface area contributed by atoms with Crippen LogP contribution in [0.15, 0.2) is 24.3 Å². The number of aryl methyl sites for hydroxylation is 2. The van der Waals surface area contributed by atoms with Crippen LogP contribution in [0.5, 0.6) is 0 Å². The first kappa shape index (κ1) is 9.32. The number of nitrogens with one attached hydrogen (secondary N) is 1. The predicted molar refractivity (Wildman–Crippen MR) is 61.6 cm³/mol. The average Bonchev–Trinajstić information content (AvgIpc) is 2.59. The summed E-state index contributed by atoms with van der Waals surface area (Å²) in [6.45, 7) is 4.40. The van der Waals surface area contributed by atoms with Crippen LogP contribution in [0.2, 0.25) is 0 Å². The van der Waals surface area contributed by atoms with Gasteiger partial charge in [0.05, 0.1) is 0 Å². The zero-order chi connectivity index (χ0) is 9.97. The molecule has 0 saturated carbocycles. The van der Waals surface area contributed by atoms with E-state index in [0.717, 1.165) is 0 Å². The van der Waals surface area contributed by atoms with Gasteiger partial charge in [0.2, 0.25) is 0 Å². The first-order valence-electron chi connectivity index (χ1n) is 5.38. The van der Waals surface area contributed by atoms with Crippen molar-refractivity contribution >= 4 is 10.9 Å². The van der Waals surface area contributed by atoms with Crippen molar-refractivity contribution in [1.82, 2.24) is 4.98 Å². The third-order valence-corrected chi connectivity index (χ3v) is 2.74. The molecule has 14 heavy (non-hydrogen) atoms. The number of benzene rings is 1. The molecule has 1 aromatic carbocycles. The fourth-order valence-electron chi connectivity index (χ4n) is 1.87. The average molecular weight is 187 g/mol. The van der Waals surface area contributed by atoms with Gasteiger partial charge in [-0.15, -0.1) is 0 Å². The molecule has 0 saturated heterocycles. The van der Waals surface area contributed by atoms with E-state index < -0.39 is 0 Å².